The molecule has 1 heterocycles. The number of aliphatic hydroxyl groups is 1. The summed E-state index contributed by atoms with van der Waals surface area (Å²) in [5, 5.41) is 18.1. The van der Waals surface area contributed by atoms with E-state index in [-0.39, 0.29) is 12.5 Å². The number of aryl methyl sites for hydroxylation is 1. The Labute approximate surface area is 123 Å². The molecule has 5 heteroatoms. The molecule has 5 nitrogen and oxygen atoms in total. The molecule has 1 amide bonds. The number of aliphatic hydroxyl groups excluding tert-OH is 1. The average molecular weight is 283 g/mol. The summed E-state index contributed by atoms with van der Waals surface area (Å²) in [6.07, 6.45) is 3.84. The highest BCUT2D eigenvalue weighted by Gasteiger charge is 2.09. The number of rotatable bonds is 4. The van der Waals surface area contributed by atoms with Gasteiger partial charge in [-0.05, 0) is 24.6 Å². The number of carbonyl (C=O) groups is 1. The molecule has 2 aromatic rings. The van der Waals surface area contributed by atoms with E-state index in [4.69, 9.17) is 5.11 Å². The first-order valence-electron chi connectivity index (χ1n) is 6.67. The third kappa shape index (κ3) is 4.20. The van der Waals surface area contributed by atoms with Gasteiger partial charge >= 0.3 is 0 Å². The molecule has 1 aromatic carbocycles. The highest BCUT2D eigenvalue weighted by molar-refractivity contribution is 5.95. The molecule has 0 aliphatic rings. The highest BCUT2D eigenvalue weighted by Crippen LogP contribution is 2.11. The zero-order valence-corrected chi connectivity index (χ0v) is 11.8. The molecule has 0 saturated carbocycles. The topological polar surface area (TPSA) is 78.0 Å². The van der Waals surface area contributed by atoms with E-state index in [1.54, 1.807) is 18.5 Å². The summed E-state index contributed by atoms with van der Waals surface area (Å²) in [7, 11) is 0. The lowest BCUT2D eigenvalue weighted by Gasteiger charge is -2.07. The van der Waals surface area contributed by atoms with Crippen LogP contribution in [0, 0.1) is 18.8 Å². The van der Waals surface area contributed by atoms with Gasteiger partial charge in [0.1, 0.15) is 0 Å². The van der Waals surface area contributed by atoms with E-state index in [0.717, 1.165) is 16.7 Å². The van der Waals surface area contributed by atoms with E-state index in [1.807, 2.05) is 19.1 Å². The van der Waals surface area contributed by atoms with Gasteiger partial charge < -0.3 is 10.4 Å². The average Bonchev–Trinajstić information content (AvgIpc) is 3.00. The molecule has 0 aliphatic heterocycles. The van der Waals surface area contributed by atoms with Gasteiger partial charge in [-0.1, -0.05) is 17.9 Å². The van der Waals surface area contributed by atoms with Gasteiger partial charge in [0.05, 0.1) is 12.8 Å². The SMILES string of the molecule is Cc1ccc(C#CCCO)cc1C(=O)NCc1cn[nH]c1. The summed E-state index contributed by atoms with van der Waals surface area (Å²) in [4.78, 5) is 12.2. The van der Waals surface area contributed by atoms with Crippen molar-refractivity contribution in [2.24, 2.45) is 0 Å². The smallest absolute Gasteiger partial charge is 0.251 e. The Morgan fingerprint density at radius 2 is 2.33 bits per heavy atom. The molecule has 0 radical (unpaired) electrons. The van der Waals surface area contributed by atoms with Crippen LogP contribution >= 0.6 is 0 Å². The number of nitrogens with zero attached hydrogens (tertiary/aromatic N) is 1. The zero-order chi connectivity index (χ0) is 15.1. The Bertz CT molecular complexity index is 667. The highest BCUT2D eigenvalue weighted by atomic mass is 16.2. The van der Waals surface area contributed by atoms with Crippen LogP contribution in [0.2, 0.25) is 0 Å². The summed E-state index contributed by atoms with van der Waals surface area (Å²) < 4.78 is 0. The van der Waals surface area contributed by atoms with Crippen LogP contribution < -0.4 is 5.32 Å². The molecular formula is C16H17N3O2. The van der Waals surface area contributed by atoms with Crippen LogP contribution in [0.4, 0.5) is 0 Å². The Hall–Kier alpha value is -2.58. The normalized spacial score (nSPS) is 9.81. The van der Waals surface area contributed by atoms with Crippen molar-refractivity contribution in [3.63, 3.8) is 0 Å². The monoisotopic (exact) mass is 283 g/mol. The van der Waals surface area contributed by atoms with Gasteiger partial charge in [0.2, 0.25) is 0 Å². The van der Waals surface area contributed by atoms with Crippen molar-refractivity contribution in [3.8, 4) is 11.8 Å². The van der Waals surface area contributed by atoms with Crippen molar-refractivity contribution in [2.75, 3.05) is 6.61 Å². The van der Waals surface area contributed by atoms with Crippen molar-refractivity contribution < 1.29 is 9.90 Å². The second kappa shape index (κ2) is 7.27. The van der Waals surface area contributed by atoms with E-state index < -0.39 is 0 Å². The largest absolute Gasteiger partial charge is 0.395 e. The van der Waals surface area contributed by atoms with Crippen LogP contribution in [-0.2, 0) is 6.54 Å². The summed E-state index contributed by atoms with van der Waals surface area (Å²) in [6, 6.07) is 5.51. The molecule has 1 aromatic heterocycles. The van der Waals surface area contributed by atoms with Gasteiger partial charge in [0, 0.05) is 35.9 Å². The molecule has 108 valence electrons. The standard InChI is InChI=1S/C16H17N3O2/c1-12-5-6-13(4-2-3-7-20)8-15(12)16(21)17-9-14-10-18-19-11-14/h5-6,8,10-11,20H,3,7,9H2,1H3,(H,17,21)(H,18,19). The fourth-order valence-corrected chi connectivity index (χ4v) is 1.82. The maximum absolute atomic E-state index is 12.2. The van der Waals surface area contributed by atoms with Crippen molar-refractivity contribution in [2.45, 2.75) is 19.9 Å². The van der Waals surface area contributed by atoms with Gasteiger partial charge in [0.15, 0.2) is 0 Å². The molecule has 0 aliphatic carbocycles. The molecule has 2 rings (SSSR count). The predicted octanol–water partition coefficient (Wildman–Crippen LogP) is 1.38. The lowest BCUT2D eigenvalue weighted by Crippen LogP contribution is -2.23. The first kappa shape index (κ1) is 14.8. The summed E-state index contributed by atoms with van der Waals surface area (Å²) in [5.41, 5.74) is 3.18. The molecule has 0 atom stereocenters. The molecule has 0 unspecified atom stereocenters. The van der Waals surface area contributed by atoms with Gasteiger partial charge in [-0.2, -0.15) is 5.10 Å². The molecule has 3 N–H and O–H groups in total. The Morgan fingerprint density at radius 3 is 3.05 bits per heavy atom. The van der Waals surface area contributed by atoms with E-state index in [1.165, 1.54) is 0 Å². The van der Waals surface area contributed by atoms with Crippen molar-refractivity contribution >= 4 is 5.91 Å². The lowest BCUT2D eigenvalue weighted by atomic mass is 10.0. The number of hydrogen-bond donors (Lipinski definition) is 3. The molecular weight excluding hydrogens is 266 g/mol. The Balaban J connectivity index is 2.09. The van der Waals surface area contributed by atoms with Crippen LogP contribution in [0.15, 0.2) is 30.6 Å². The number of benzene rings is 1. The van der Waals surface area contributed by atoms with E-state index >= 15 is 0 Å². The van der Waals surface area contributed by atoms with Crippen LogP contribution in [0.3, 0.4) is 0 Å². The van der Waals surface area contributed by atoms with Gasteiger partial charge in [-0.25, -0.2) is 0 Å². The molecule has 0 fully saturated rings. The zero-order valence-electron chi connectivity index (χ0n) is 11.8. The minimum Gasteiger partial charge on any atom is -0.395 e. The number of hydrogen-bond acceptors (Lipinski definition) is 3. The summed E-state index contributed by atoms with van der Waals surface area (Å²) in [6.45, 7) is 2.35. The van der Waals surface area contributed by atoms with Crippen molar-refractivity contribution in [3.05, 3.63) is 52.8 Å². The molecule has 0 saturated heterocycles. The number of carbonyl (C=O) groups excluding carboxylic acids is 1. The maximum atomic E-state index is 12.2. The van der Waals surface area contributed by atoms with Gasteiger partial charge in [-0.3, -0.25) is 9.89 Å². The van der Waals surface area contributed by atoms with Crippen LogP contribution in [0.5, 0.6) is 0 Å². The number of amides is 1. The Kier molecular flexibility index (Phi) is 5.13. The molecule has 0 spiro atoms. The van der Waals surface area contributed by atoms with Crippen molar-refractivity contribution in [1.29, 1.82) is 0 Å². The molecule has 0 bridgehead atoms. The second-order valence-corrected chi connectivity index (χ2v) is 4.59. The van der Waals surface area contributed by atoms with E-state index in [2.05, 4.69) is 27.4 Å². The molecule has 21 heavy (non-hydrogen) atoms. The fraction of sp³-hybridized carbons (Fsp3) is 0.250. The van der Waals surface area contributed by atoms with E-state index in [0.29, 0.717) is 18.5 Å². The lowest BCUT2D eigenvalue weighted by molar-refractivity contribution is 0.0950. The fourth-order valence-electron chi connectivity index (χ4n) is 1.82. The van der Waals surface area contributed by atoms with Crippen LogP contribution in [0.25, 0.3) is 0 Å². The van der Waals surface area contributed by atoms with Crippen molar-refractivity contribution in [1.82, 2.24) is 15.5 Å². The first-order chi connectivity index (χ1) is 10.2. The summed E-state index contributed by atoms with van der Waals surface area (Å²) in [5.74, 6) is 5.64. The first-order valence-corrected chi connectivity index (χ1v) is 6.67. The number of aromatic amines is 1. The Morgan fingerprint density at radius 1 is 1.48 bits per heavy atom. The minimum atomic E-state index is -0.139. The van der Waals surface area contributed by atoms with Crippen LogP contribution in [0.1, 0.15) is 33.5 Å². The number of aromatic nitrogens is 2. The van der Waals surface area contributed by atoms with Crippen LogP contribution in [-0.4, -0.2) is 27.8 Å². The van der Waals surface area contributed by atoms with E-state index in [9.17, 15) is 4.79 Å². The van der Waals surface area contributed by atoms with Gasteiger partial charge in [-0.15, -0.1) is 0 Å². The summed E-state index contributed by atoms with van der Waals surface area (Å²) >= 11 is 0. The maximum Gasteiger partial charge on any atom is 0.251 e. The predicted molar refractivity (Wildman–Crippen MR) is 79.5 cm³/mol. The number of nitrogens with one attached hydrogen (secondary N) is 2. The second-order valence-electron chi connectivity index (χ2n) is 4.59. The third-order valence-corrected chi connectivity index (χ3v) is 2.96. The minimum absolute atomic E-state index is 0.0386. The quantitative estimate of drug-likeness (QED) is 0.742. The third-order valence-electron chi connectivity index (χ3n) is 2.96. The van der Waals surface area contributed by atoms with Gasteiger partial charge in [0.25, 0.3) is 5.91 Å². The number of H-pyrrole nitrogens is 1.